The largest absolute Gasteiger partial charge is 0.454 e. The quantitative estimate of drug-likeness (QED) is 0.783. The summed E-state index contributed by atoms with van der Waals surface area (Å²) in [5.41, 5.74) is 2.97. The van der Waals surface area contributed by atoms with E-state index in [4.69, 9.17) is 14.5 Å². The molecule has 3 aromatic rings. The van der Waals surface area contributed by atoms with Gasteiger partial charge in [0.2, 0.25) is 6.79 Å². The molecule has 5 heteroatoms. The molecule has 0 radical (unpaired) electrons. The number of aliphatic hydroxyl groups excluding tert-OH is 1. The van der Waals surface area contributed by atoms with E-state index in [1.54, 1.807) is 0 Å². The number of fused-ring (bicyclic) bond motifs is 2. The number of rotatable bonds is 5. The highest BCUT2D eigenvalue weighted by atomic mass is 16.7. The molecule has 1 aromatic heterocycles. The molecular weight excluding hydrogens is 304 g/mol. The number of aryl methyl sites for hydroxylation is 1. The summed E-state index contributed by atoms with van der Waals surface area (Å²) in [7, 11) is 0. The molecule has 0 aliphatic carbocycles. The topological polar surface area (TPSA) is 56.5 Å². The Balaban J connectivity index is 1.77. The van der Waals surface area contributed by atoms with Crippen molar-refractivity contribution in [2.75, 3.05) is 13.4 Å². The number of ether oxygens (including phenoxy) is 2. The normalized spacial score (nSPS) is 13.2. The molecule has 1 N–H and O–H groups in total. The van der Waals surface area contributed by atoms with Crippen molar-refractivity contribution in [2.24, 2.45) is 0 Å². The number of hydrogen-bond acceptors (Lipinski definition) is 4. The van der Waals surface area contributed by atoms with Gasteiger partial charge in [-0.25, -0.2) is 4.98 Å². The second-order valence-electron chi connectivity index (χ2n) is 5.64. The predicted octanol–water partition coefficient (Wildman–Crippen LogP) is 3.32. The minimum absolute atomic E-state index is 0.145. The lowest BCUT2D eigenvalue weighted by Crippen LogP contribution is -2.02. The maximum absolute atomic E-state index is 9.19. The molecular formula is C19H18N2O3. The van der Waals surface area contributed by atoms with Crippen LogP contribution in [0.1, 0.15) is 17.8 Å². The fourth-order valence-corrected chi connectivity index (χ4v) is 2.86. The zero-order valence-electron chi connectivity index (χ0n) is 13.2. The average molecular weight is 322 g/mol. The fourth-order valence-electron chi connectivity index (χ4n) is 2.86. The highest BCUT2D eigenvalue weighted by Crippen LogP contribution is 2.36. The molecule has 0 atom stereocenters. The molecule has 4 rings (SSSR count). The van der Waals surface area contributed by atoms with Gasteiger partial charge in [0.05, 0.1) is 11.0 Å². The number of benzene rings is 2. The van der Waals surface area contributed by atoms with Crippen LogP contribution < -0.4 is 9.47 Å². The molecule has 1 aliphatic rings. The van der Waals surface area contributed by atoms with Crippen LogP contribution in [0.2, 0.25) is 0 Å². The van der Waals surface area contributed by atoms with Gasteiger partial charge in [-0.1, -0.05) is 36.4 Å². The van der Waals surface area contributed by atoms with Crippen LogP contribution in [0.5, 0.6) is 11.5 Å². The minimum Gasteiger partial charge on any atom is -0.454 e. The molecule has 0 bridgehead atoms. The first-order valence-electron chi connectivity index (χ1n) is 7.99. The van der Waals surface area contributed by atoms with Crippen LogP contribution in [0.4, 0.5) is 0 Å². The lowest BCUT2D eigenvalue weighted by atomic mass is 10.2. The van der Waals surface area contributed by atoms with Gasteiger partial charge in [0.15, 0.2) is 11.5 Å². The van der Waals surface area contributed by atoms with Gasteiger partial charge >= 0.3 is 0 Å². The summed E-state index contributed by atoms with van der Waals surface area (Å²) in [4.78, 5) is 4.72. The second kappa shape index (κ2) is 6.37. The van der Waals surface area contributed by atoms with Gasteiger partial charge in [-0.15, -0.1) is 0 Å². The van der Waals surface area contributed by atoms with Crippen LogP contribution in [-0.2, 0) is 6.54 Å². The van der Waals surface area contributed by atoms with E-state index in [9.17, 15) is 5.11 Å². The molecule has 5 nitrogen and oxygen atoms in total. The fraction of sp³-hybridized carbons (Fsp3) is 0.211. The Morgan fingerprint density at radius 1 is 1.08 bits per heavy atom. The molecule has 2 heterocycles. The van der Waals surface area contributed by atoms with E-state index in [0.717, 1.165) is 33.9 Å². The maximum atomic E-state index is 9.19. The minimum atomic E-state index is 0.145. The van der Waals surface area contributed by atoms with Gasteiger partial charge in [-0.05, 0) is 18.1 Å². The van der Waals surface area contributed by atoms with E-state index in [-0.39, 0.29) is 13.4 Å². The highest BCUT2D eigenvalue weighted by Gasteiger charge is 2.18. The van der Waals surface area contributed by atoms with Crippen LogP contribution >= 0.6 is 0 Å². The summed E-state index contributed by atoms with van der Waals surface area (Å²) >= 11 is 0. The summed E-state index contributed by atoms with van der Waals surface area (Å²) < 4.78 is 13.0. The third kappa shape index (κ3) is 2.74. The Morgan fingerprint density at radius 2 is 1.88 bits per heavy atom. The molecule has 24 heavy (non-hydrogen) atoms. The van der Waals surface area contributed by atoms with Crippen molar-refractivity contribution in [1.82, 2.24) is 9.55 Å². The first-order chi connectivity index (χ1) is 11.8. The van der Waals surface area contributed by atoms with Crippen LogP contribution in [-0.4, -0.2) is 28.1 Å². The number of hydrogen-bond donors (Lipinski definition) is 1. The van der Waals surface area contributed by atoms with Crippen molar-refractivity contribution in [3.05, 3.63) is 53.9 Å². The number of nitrogens with zero attached hydrogens (tertiary/aromatic N) is 2. The average Bonchev–Trinajstić information content (AvgIpc) is 3.20. The molecule has 0 saturated carbocycles. The number of aromatic nitrogens is 2. The second-order valence-corrected chi connectivity index (χ2v) is 5.64. The molecule has 0 spiro atoms. The monoisotopic (exact) mass is 322 g/mol. The molecule has 122 valence electrons. The zero-order chi connectivity index (χ0) is 16.4. The Hall–Kier alpha value is -2.79. The van der Waals surface area contributed by atoms with Gasteiger partial charge in [0.1, 0.15) is 5.82 Å². The van der Waals surface area contributed by atoms with E-state index in [1.165, 1.54) is 0 Å². The van der Waals surface area contributed by atoms with Crippen molar-refractivity contribution in [2.45, 2.75) is 13.0 Å². The van der Waals surface area contributed by atoms with E-state index >= 15 is 0 Å². The Bertz CT molecular complexity index is 885. The zero-order valence-corrected chi connectivity index (χ0v) is 13.2. The summed E-state index contributed by atoms with van der Waals surface area (Å²) in [6, 6.07) is 14.0. The van der Waals surface area contributed by atoms with E-state index in [1.807, 2.05) is 54.6 Å². The lowest BCUT2D eigenvalue weighted by Gasteiger charge is -2.06. The van der Waals surface area contributed by atoms with Gasteiger partial charge in [0.25, 0.3) is 0 Å². The Labute approximate surface area is 139 Å². The summed E-state index contributed by atoms with van der Waals surface area (Å²) in [6.07, 6.45) is 4.71. The Morgan fingerprint density at radius 3 is 2.67 bits per heavy atom. The third-order valence-electron chi connectivity index (χ3n) is 4.04. The first-order valence-corrected chi connectivity index (χ1v) is 7.99. The predicted molar refractivity (Wildman–Crippen MR) is 92.9 cm³/mol. The summed E-state index contributed by atoms with van der Waals surface area (Å²) in [5, 5.41) is 9.19. The van der Waals surface area contributed by atoms with Crippen LogP contribution in [0.3, 0.4) is 0 Å². The van der Waals surface area contributed by atoms with Crippen molar-refractivity contribution < 1.29 is 14.6 Å². The molecule has 0 fully saturated rings. The van der Waals surface area contributed by atoms with Crippen molar-refractivity contribution >= 4 is 23.2 Å². The molecule has 0 unspecified atom stereocenters. The van der Waals surface area contributed by atoms with Crippen LogP contribution in [0.25, 0.3) is 23.2 Å². The van der Waals surface area contributed by atoms with Crippen LogP contribution in [0, 0.1) is 0 Å². The molecule has 2 aromatic carbocycles. The highest BCUT2D eigenvalue weighted by molar-refractivity contribution is 5.83. The number of imidazole rings is 1. The summed E-state index contributed by atoms with van der Waals surface area (Å²) in [6.45, 7) is 1.09. The van der Waals surface area contributed by atoms with Crippen LogP contribution in [0.15, 0.2) is 42.5 Å². The third-order valence-corrected chi connectivity index (χ3v) is 4.04. The number of aliphatic hydroxyl groups is 1. The van der Waals surface area contributed by atoms with Gasteiger partial charge < -0.3 is 19.1 Å². The van der Waals surface area contributed by atoms with E-state index < -0.39 is 0 Å². The van der Waals surface area contributed by atoms with E-state index in [0.29, 0.717) is 13.0 Å². The lowest BCUT2D eigenvalue weighted by molar-refractivity contribution is 0.174. The molecule has 1 aliphatic heterocycles. The SMILES string of the molecule is OCCCn1c(/C=C/c2ccccc2)nc2cc3c(cc21)OCO3. The van der Waals surface area contributed by atoms with Crippen molar-refractivity contribution in [1.29, 1.82) is 0 Å². The first kappa shape index (κ1) is 14.8. The maximum Gasteiger partial charge on any atom is 0.231 e. The molecule has 0 saturated heterocycles. The van der Waals surface area contributed by atoms with Gasteiger partial charge in [0, 0.05) is 25.3 Å². The summed E-state index contributed by atoms with van der Waals surface area (Å²) in [5.74, 6) is 2.32. The standard InChI is InChI=1S/C19H18N2O3/c22-10-4-9-21-16-12-18-17(23-13-24-18)11-15(16)20-19(21)8-7-14-5-2-1-3-6-14/h1-3,5-8,11-12,22H,4,9-10,13H2/b8-7+. The smallest absolute Gasteiger partial charge is 0.231 e. The van der Waals surface area contributed by atoms with Crippen molar-refractivity contribution in [3.8, 4) is 11.5 Å². The van der Waals surface area contributed by atoms with Gasteiger partial charge in [-0.3, -0.25) is 0 Å². The Kier molecular flexibility index (Phi) is 3.92. The molecule has 0 amide bonds. The van der Waals surface area contributed by atoms with Crippen molar-refractivity contribution in [3.63, 3.8) is 0 Å². The van der Waals surface area contributed by atoms with Gasteiger partial charge in [-0.2, -0.15) is 0 Å². The van der Waals surface area contributed by atoms with E-state index in [2.05, 4.69) is 4.57 Å².